The van der Waals surface area contributed by atoms with Gasteiger partial charge in [-0.05, 0) is 32.2 Å². The molecule has 100 valence electrons. The summed E-state index contributed by atoms with van der Waals surface area (Å²) in [7, 11) is 0. The molecule has 1 saturated carbocycles. The van der Waals surface area contributed by atoms with Gasteiger partial charge in [0.05, 0.1) is 18.8 Å². The minimum atomic E-state index is 0.137. The van der Waals surface area contributed by atoms with Crippen molar-refractivity contribution in [2.45, 2.75) is 51.0 Å². The third kappa shape index (κ3) is 3.94. The maximum Gasteiger partial charge on any atom is 0.0806 e. The molecule has 0 spiro atoms. The quantitative estimate of drug-likeness (QED) is 0.694. The molecule has 1 aliphatic carbocycles. The fraction of sp³-hybridized carbons (Fsp3) is 1.00. The first kappa shape index (κ1) is 13.3. The van der Waals surface area contributed by atoms with E-state index in [4.69, 9.17) is 9.47 Å². The maximum absolute atomic E-state index is 6.28. The molecule has 0 amide bonds. The van der Waals surface area contributed by atoms with E-state index >= 15 is 0 Å². The van der Waals surface area contributed by atoms with Crippen LogP contribution in [0.3, 0.4) is 0 Å². The van der Waals surface area contributed by atoms with E-state index in [1.807, 2.05) is 0 Å². The van der Waals surface area contributed by atoms with Gasteiger partial charge in [0, 0.05) is 19.1 Å². The Morgan fingerprint density at radius 1 is 1.35 bits per heavy atom. The van der Waals surface area contributed by atoms with Crippen molar-refractivity contribution in [3.63, 3.8) is 0 Å². The Kier molecular flexibility index (Phi) is 5.26. The molecule has 3 heteroatoms. The first-order valence-electron chi connectivity index (χ1n) is 7.27. The standard InChI is InChI=1S/C14H27NO2/c1-2-8-15-12-14(6-3-4-7-14)17-11-13-5-9-16-10-13/h13,15H,2-12H2,1H3. The Bertz CT molecular complexity index is 208. The zero-order valence-electron chi connectivity index (χ0n) is 11.2. The number of hydrogen-bond acceptors (Lipinski definition) is 3. The van der Waals surface area contributed by atoms with Crippen LogP contribution in [0.2, 0.25) is 0 Å². The zero-order valence-corrected chi connectivity index (χ0v) is 11.2. The highest BCUT2D eigenvalue weighted by molar-refractivity contribution is 4.89. The van der Waals surface area contributed by atoms with E-state index in [0.29, 0.717) is 5.92 Å². The Morgan fingerprint density at radius 2 is 2.18 bits per heavy atom. The summed E-state index contributed by atoms with van der Waals surface area (Å²) < 4.78 is 11.7. The summed E-state index contributed by atoms with van der Waals surface area (Å²) in [5.74, 6) is 0.638. The molecule has 3 nitrogen and oxygen atoms in total. The van der Waals surface area contributed by atoms with Gasteiger partial charge in [-0.15, -0.1) is 0 Å². The molecule has 17 heavy (non-hydrogen) atoms. The SMILES string of the molecule is CCCNCC1(OCC2CCOC2)CCCC1. The highest BCUT2D eigenvalue weighted by Gasteiger charge is 2.35. The van der Waals surface area contributed by atoms with E-state index in [-0.39, 0.29) is 5.60 Å². The fourth-order valence-electron chi connectivity index (χ4n) is 2.89. The van der Waals surface area contributed by atoms with Crippen molar-refractivity contribution in [1.29, 1.82) is 0 Å². The van der Waals surface area contributed by atoms with Gasteiger partial charge in [-0.1, -0.05) is 19.8 Å². The average Bonchev–Trinajstić information content (AvgIpc) is 2.99. The molecule has 1 atom stereocenters. The summed E-state index contributed by atoms with van der Waals surface area (Å²) in [5.41, 5.74) is 0.137. The smallest absolute Gasteiger partial charge is 0.0806 e. The number of rotatable bonds is 7. The van der Waals surface area contributed by atoms with Crippen LogP contribution in [0, 0.1) is 5.92 Å². The van der Waals surface area contributed by atoms with E-state index in [9.17, 15) is 0 Å². The second-order valence-corrected chi connectivity index (χ2v) is 5.61. The first-order valence-corrected chi connectivity index (χ1v) is 7.27. The number of nitrogens with one attached hydrogen (secondary N) is 1. The molecule has 0 bridgehead atoms. The second-order valence-electron chi connectivity index (χ2n) is 5.61. The van der Waals surface area contributed by atoms with Gasteiger partial charge < -0.3 is 14.8 Å². The summed E-state index contributed by atoms with van der Waals surface area (Å²) in [6.45, 7) is 7.08. The minimum absolute atomic E-state index is 0.137. The van der Waals surface area contributed by atoms with Crippen LogP contribution < -0.4 is 5.32 Å². The molecule has 1 saturated heterocycles. The minimum Gasteiger partial charge on any atom is -0.381 e. The van der Waals surface area contributed by atoms with Gasteiger partial charge >= 0.3 is 0 Å². The van der Waals surface area contributed by atoms with Crippen molar-refractivity contribution < 1.29 is 9.47 Å². The van der Waals surface area contributed by atoms with Gasteiger partial charge in [-0.3, -0.25) is 0 Å². The van der Waals surface area contributed by atoms with Crippen LogP contribution in [0.1, 0.15) is 45.4 Å². The molecule has 0 aromatic heterocycles. The van der Waals surface area contributed by atoms with E-state index < -0.39 is 0 Å². The summed E-state index contributed by atoms with van der Waals surface area (Å²) >= 11 is 0. The predicted molar refractivity (Wildman–Crippen MR) is 69.2 cm³/mol. The van der Waals surface area contributed by atoms with E-state index in [0.717, 1.165) is 32.9 Å². The third-order valence-electron chi connectivity index (χ3n) is 4.04. The molecular formula is C14H27NO2. The number of hydrogen-bond donors (Lipinski definition) is 1. The normalized spacial score (nSPS) is 27.7. The van der Waals surface area contributed by atoms with Crippen LogP contribution in [0.15, 0.2) is 0 Å². The molecule has 0 radical (unpaired) electrons. The lowest BCUT2D eigenvalue weighted by molar-refractivity contribution is -0.0554. The Balaban J connectivity index is 1.74. The van der Waals surface area contributed by atoms with Gasteiger partial charge in [0.2, 0.25) is 0 Å². The Hall–Kier alpha value is -0.120. The van der Waals surface area contributed by atoms with Gasteiger partial charge in [0.1, 0.15) is 0 Å². The summed E-state index contributed by atoms with van der Waals surface area (Å²) in [5, 5.41) is 3.54. The zero-order chi connectivity index (χ0) is 12.0. The molecule has 1 unspecified atom stereocenters. The van der Waals surface area contributed by atoms with E-state index in [2.05, 4.69) is 12.2 Å². The summed E-state index contributed by atoms with van der Waals surface area (Å²) in [6, 6.07) is 0. The van der Waals surface area contributed by atoms with Crippen molar-refractivity contribution in [1.82, 2.24) is 5.32 Å². The second kappa shape index (κ2) is 6.72. The molecule has 0 aromatic carbocycles. The van der Waals surface area contributed by atoms with Crippen molar-refractivity contribution in [2.24, 2.45) is 5.92 Å². The molecule has 1 heterocycles. The first-order chi connectivity index (χ1) is 8.35. The molecule has 1 N–H and O–H groups in total. The van der Waals surface area contributed by atoms with Crippen LogP contribution in [0.4, 0.5) is 0 Å². The summed E-state index contributed by atoms with van der Waals surface area (Å²) in [4.78, 5) is 0. The van der Waals surface area contributed by atoms with E-state index in [1.54, 1.807) is 0 Å². The highest BCUT2D eigenvalue weighted by Crippen LogP contribution is 2.33. The highest BCUT2D eigenvalue weighted by atomic mass is 16.5. The van der Waals surface area contributed by atoms with Gasteiger partial charge in [0.25, 0.3) is 0 Å². The van der Waals surface area contributed by atoms with Crippen molar-refractivity contribution >= 4 is 0 Å². The lowest BCUT2D eigenvalue weighted by Gasteiger charge is -2.31. The van der Waals surface area contributed by atoms with Gasteiger partial charge in [0.15, 0.2) is 0 Å². The fourth-order valence-corrected chi connectivity index (χ4v) is 2.89. The monoisotopic (exact) mass is 241 g/mol. The molecule has 2 aliphatic rings. The van der Waals surface area contributed by atoms with Crippen LogP contribution in [-0.2, 0) is 9.47 Å². The van der Waals surface area contributed by atoms with Gasteiger partial charge in [-0.2, -0.15) is 0 Å². The maximum atomic E-state index is 6.28. The molecule has 0 aromatic rings. The largest absolute Gasteiger partial charge is 0.381 e. The van der Waals surface area contributed by atoms with Crippen molar-refractivity contribution in [3.05, 3.63) is 0 Å². The topological polar surface area (TPSA) is 30.5 Å². The number of ether oxygens (including phenoxy) is 2. The third-order valence-corrected chi connectivity index (χ3v) is 4.04. The Labute approximate surface area is 105 Å². The van der Waals surface area contributed by atoms with Crippen molar-refractivity contribution in [2.75, 3.05) is 32.9 Å². The lowest BCUT2D eigenvalue weighted by atomic mass is 10.0. The van der Waals surface area contributed by atoms with Gasteiger partial charge in [-0.25, -0.2) is 0 Å². The van der Waals surface area contributed by atoms with Crippen LogP contribution in [-0.4, -0.2) is 38.5 Å². The Morgan fingerprint density at radius 3 is 2.82 bits per heavy atom. The average molecular weight is 241 g/mol. The molecule has 2 rings (SSSR count). The molecule has 1 aliphatic heterocycles. The van der Waals surface area contributed by atoms with Crippen LogP contribution >= 0.6 is 0 Å². The lowest BCUT2D eigenvalue weighted by Crippen LogP contribution is -2.42. The summed E-state index contributed by atoms with van der Waals surface area (Å²) in [6.07, 6.45) is 7.50. The predicted octanol–water partition coefficient (Wildman–Crippen LogP) is 2.35. The van der Waals surface area contributed by atoms with Crippen LogP contribution in [0.25, 0.3) is 0 Å². The molecular weight excluding hydrogens is 214 g/mol. The van der Waals surface area contributed by atoms with E-state index in [1.165, 1.54) is 38.5 Å². The molecule has 2 fully saturated rings. The van der Waals surface area contributed by atoms with Crippen molar-refractivity contribution in [3.8, 4) is 0 Å². The van der Waals surface area contributed by atoms with Crippen LogP contribution in [0.5, 0.6) is 0 Å².